The Morgan fingerprint density at radius 3 is 2.71 bits per heavy atom. The zero-order valence-corrected chi connectivity index (χ0v) is 14.0. The summed E-state index contributed by atoms with van der Waals surface area (Å²) < 4.78 is 7.13. The molecule has 0 aliphatic carbocycles. The number of benzene rings is 1. The number of ether oxygens (including phenoxy) is 1. The summed E-state index contributed by atoms with van der Waals surface area (Å²) in [5.41, 5.74) is 4.07. The molecule has 0 aliphatic heterocycles. The molecule has 0 radical (unpaired) electrons. The van der Waals surface area contributed by atoms with E-state index in [1.165, 1.54) is 5.56 Å². The van der Waals surface area contributed by atoms with E-state index in [0.29, 0.717) is 13.0 Å². The first-order valence-corrected chi connectivity index (χ1v) is 7.98. The number of hydrogen-bond acceptors (Lipinski definition) is 3. The number of hydrogen-bond donors (Lipinski definition) is 1. The Hall–Kier alpha value is -2.82. The van der Waals surface area contributed by atoms with Crippen LogP contribution in [0.1, 0.15) is 16.8 Å². The number of nitrogens with one attached hydrogen (secondary N) is 1. The maximum Gasteiger partial charge on any atom is 0.224 e. The number of carbonyl (C=O) groups is 1. The van der Waals surface area contributed by atoms with Crippen LogP contribution in [0.5, 0.6) is 5.75 Å². The van der Waals surface area contributed by atoms with Gasteiger partial charge in [0.25, 0.3) is 0 Å². The second-order valence-electron chi connectivity index (χ2n) is 5.83. The van der Waals surface area contributed by atoms with Crippen LogP contribution in [0.15, 0.2) is 48.8 Å². The number of rotatable bonds is 6. The fourth-order valence-corrected chi connectivity index (χ4v) is 2.60. The summed E-state index contributed by atoms with van der Waals surface area (Å²) >= 11 is 0. The molecule has 5 nitrogen and oxygen atoms in total. The molecule has 2 aromatic heterocycles. The summed E-state index contributed by atoms with van der Waals surface area (Å²) in [5.74, 6) is 0.806. The molecule has 2 heterocycles. The van der Waals surface area contributed by atoms with Crippen LogP contribution >= 0.6 is 0 Å². The maximum absolute atomic E-state index is 12.0. The molecule has 1 N–H and O–H groups in total. The summed E-state index contributed by atoms with van der Waals surface area (Å²) in [6.45, 7) is 2.64. The Kier molecular flexibility index (Phi) is 4.79. The summed E-state index contributed by atoms with van der Waals surface area (Å²) in [5, 5.41) is 2.94. The molecule has 1 amide bonds. The highest BCUT2D eigenvalue weighted by Crippen LogP contribution is 2.11. The number of aromatic nitrogens is 2. The van der Waals surface area contributed by atoms with Crippen LogP contribution in [0, 0.1) is 6.92 Å². The standard InChI is InChI=1S/C19H21N3O2/c1-14-3-8-18-21-16(13-22(18)12-14)9-10-20-19(23)11-15-4-6-17(24-2)7-5-15/h3-8,12-13H,9-11H2,1-2H3,(H,20,23). The first kappa shape index (κ1) is 16.1. The fraction of sp³-hybridized carbons (Fsp3) is 0.263. The van der Waals surface area contributed by atoms with Crippen molar-refractivity contribution in [1.82, 2.24) is 14.7 Å². The van der Waals surface area contributed by atoms with Gasteiger partial charge in [-0.05, 0) is 36.2 Å². The lowest BCUT2D eigenvalue weighted by molar-refractivity contribution is -0.120. The Morgan fingerprint density at radius 2 is 1.96 bits per heavy atom. The minimum atomic E-state index is 0.0137. The SMILES string of the molecule is COc1ccc(CC(=O)NCCc2cn3cc(C)ccc3n2)cc1. The Morgan fingerprint density at radius 1 is 1.17 bits per heavy atom. The van der Waals surface area contributed by atoms with Crippen molar-refractivity contribution in [1.29, 1.82) is 0 Å². The number of amides is 1. The van der Waals surface area contributed by atoms with E-state index >= 15 is 0 Å². The van der Waals surface area contributed by atoms with E-state index in [2.05, 4.69) is 17.2 Å². The van der Waals surface area contributed by atoms with Crippen molar-refractivity contribution in [2.75, 3.05) is 13.7 Å². The van der Waals surface area contributed by atoms with Crippen molar-refractivity contribution in [3.63, 3.8) is 0 Å². The van der Waals surface area contributed by atoms with E-state index in [0.717, 1.165) is 29.1 Å². The van der Waals surface area contributed by atoms with E-state index < -0.39 is 0 Å². The molecular formula is C19H21N3O2. The zero-order chi connectivity index (χ0) is 16.9. The smallest absolute Gasteiger partial charge is 0.224 e. The molecule has 0 saturated carbocycles. The highest BCUT2D eigenvalue weighted by atomic mass is 16.5. The quantitative estimate of drug-likeness (QED) is 0.758. The molecule has 5 heteroatoms. The molecule has 0 bridgehead atoms. The van der Waals surface area contributed by atoms with Crippen molar-refractivity contribution < 1.29 is 9.53 Å². The van der Waals surface area contributed by atoms with Gasteiger partial charge in [-0.15, -0.1) is 0 Å². The minimum Gasteiger partial charge on any atom is -0.497 e. The molecule has 1 aromatic carbocycles. The number of aryl methyl sites for hydroxylation is 1. The van der Waals surface area contributed by atoms with E-state index in [9.17, 15) is 4.79 Å². The Bertz CT molecular complexity index is 837. The third kappa shape index (κ3) is 3.93. The van der Waals surface area contributed by atoms with E-state index in [1.807, 2.05) is 53.2 Å². The second kappa shape index (κ2) is 7.17. The van der Waals surface area contributed by atoms with Crippen LogP contribution in [-0.2, 0) is 17.6 Å². The molecule has 3 rings (SSSR count). The molecule has 0 aliphatic rings. The molecular weight excluding hydrogens is 302 g/mol. The third-order valence-electron chi connectivity index (χ3n) is 3.88. The summed E-state index contributed by atoms with van der Waals surface area (Å²) in [7, 11) is 1.63. The normalized spacial score (nSPS) is 10.8. The Balaban J connectivity index is 1.50. The van der Waals surface area contributed by atoms with Crippen molar-refractivity contribution in [2.45, 2.75) is 19.8 Å². The molecule has 0 spiro atoms. The van der Waals surface area contributed by atoms with Crippen LogP contribution < -0.4 is 10.1 Å². The Labute approximate surface area is 141 Å². The number of fused-ring (bicyclic) bond motifs is 1. The summed E-state index contributed by atoms with van der Waals surface area (Å²) in [6.07, 6.45) is 5.15. The van der Waals surface area contributed by atoms with Gasteiger partial charge in [0, 0.05) is 25.4 Å². The highest BCUT2D eigenvalue weighted by molar-refractivity contribution is 5.78. The first-order chi connectivity index (χ1) is 11.6. The number of methoxy groups -OCH3 is 1. The van der Waals surface area contributed by atoms with E-state index in [1.54, 1.807) is 7.11 Å². The van der Waals surface area contributed by atoms with Gasteiger partial charge >= 0.3 is 0 Å². The van der Waals surface area contributed by atoms with Crippen LogP contribution in [0.2, 0.25) is 0 Å². The number of carbonyl (C=O) groups excluding carboxylic acids is 1. The second-order valence-corrected chi connectivity index (χ2v) is 5.83. The van der Waals surface area contributed by atoms with Gasteiger partial charge in [-0.25, -0.2) is 4.98 Å². The van der Waals surface area contributed by atoms with Gasteiger partial charge in [-0.3, -0.25) is 4.79 Å². The van der Waals surface area contributed by atoms with Gasteiger partial charge in [0.1, 0.15) is 11.4 Å². The van der Waals surface area contributed by atoms with Crippen molar-refractivity contribution in [3.8, 4) is 5.75 Å². The van der Waals surface area contributed by atoms with Crippen molar-refractivity contribution in [3.05, 3.63) is 65.6 Å². The lowest BCUT2D eigenvalue weighted by atomic mass is 10.1. The van der Waals surface area contributed by atoms with Gasteiger partial charge in [0.15, 0.2) is 0 Å². The van der Waals surface area contributed by atoms with Crippen LogP contribution in [0.25, 0.3) is 5.65 Å². The van der Waals surface area contributed by atoms with Gasteiger partial charge in [0.05, 0.1) is 19.2 Å². The molecule has 0 fully saturated rings. The van der Waals surface area contributed by atoms with Crippen LogP contribution in [-0.4, -0.2) is 28.9 Å². The third-order valence-corrected chi connectivity index (χ3v) is 3.88. The number of pyridine rings is 1. The van der Waals surface area contributed by atoms with Crippen molar-refractivity contribution in [2.24, 2.45) is 0 Å². The van der Waals surface area contributed by atoms with Crippen LogP contribution in [0.4, 0.5) is 0 Å². The summed E-state index contributed by atoms with van der Waals surface area (Å²) in [6, 6.07) is 11.6. The van der Waals surface area contributed by atoms with Gasteiger partial charge in [0.2, 0.25) is 5.91 Å². The van der Waals surface area contributed by atoms with Crippen molar-refractivity contribution >= 4 is 11.6 Å². The average molecular weight is 323 g/mol. The molecule has 24 heavy (non-hydrogen) atoms. The van der Waals surface area contributed by atoms with Gasteiger partial charge in [-0.1, -0.05) is 18.2 Å². The van der Waals surface area contributed by atoms with Gasteiger partial charge < -0.3 is 14.5 Å². The number of imidazole rings is 1. The predicted octanol–water partition coefficient (Wildman–Crippen LogP) is 2.55. The topological polar surface area (TPSA) is 55.6 Å². The predicted molar refractivity (Wildman–Crippen MR) is 93.3 cm³/mol. The zero-order valence-electron chi connectivity index (χ0n) is 14.0. The monoisotopic (exact) mass is 323 g/mol. The van der Waals surface area contributed by atoms with Crippen LogP contribution in [0.3, 0.4) is 0 Å². The molecule has 3 aromatic rings. The number of nitrogens with zero attached hydrogens (tertiary/aromatic N) is 2. The average Bonchev–Trinajstić information content (AvgIpc) is 2.97. The minimum absolute atomic E-state index is 0.0137. The molecule has 0 atom stereocenters. The molecule has 124 valence electrons. The lowest BCUT2D eigenvalue weighted by Crippen LogP contribution is -2.27. The van der Waals surface area contributed by atoms with Gasteiger partial charge in [-0.2, -0.15) is 0 Å². The van der Waals surface area contributed by atoms with E-state index in [4.69, 9.17) is 4.74 Å². The molecule has 0 unspecified atom stereocenters. The highest BCUT2D eigenvalue weighted by Gasteiger charge is 2.05. The van der Waals surface area contributed by atoms with E-state index in [-0.39, 0.29) is 5.91 Å². The maximum atomic E-state index is 12.0. The lowest BCUT2D eigenvalue weighted by Gasteiger charge is -2.05. The first-order valence-electron chi connectivity index (χ1n) is 7.98. The largest absolute Gasteiger partial charge is 0.497 e. The molecule has 0 saturated heterocycles. The fourth-order valence-electron chi connectivity index (χ4n) is 2.60. The summed E-state index contributed by atoms with van der Waals surface area (Å²) in [4.78, 5) is 16.6.